The molecule has 0 aromatic carbocycles. The van der Waals surface area contributed by atoms with Gasteiger partial charge in [-0.1, -0.05) is 12.5 Å². The van der Waals surface area contributed by atoms with E-state index >= 15 is 0 Å². The summed E-state index contributed by atoms with van der Waals surface area (Å²) < 4.78 is 6.17. The van der Waals surface area contributed by atoms with Crippen LogP contribution in [0.3, 0.4) is 0 Å². The van der Waals surface area contributed by atoms with Gasteiger partial charge in [-0.05, 0) is 71.1 Å². The van der Waals surface area contributed by atoms with Gasteiger partial charge in [-0.3, -0.25) is 4.90 Å². The zero-order valence-corrected chi connectivity index (χ0v) is 21.4. The summed E-state index contributed by atoms with van der Waals surface area (Å²) in [5.74, 6) is 1.85. The number of aliphatic hydroxyl groups is 1. The molecule has 1 saturated carbocycles. The average molecular weight is 462 g/mol. The summed E-state index contributed by atoms with van der Waals surface area (Å²) in [5, 5.41) is 10.0. The third-order valence-electron chi connectivity index (χ3n) is 5.64. The Kier molecular flexibility index (Phi) is 12.5. The minimum absolute atomic E-state index is 0.00745. The Morgan fingerprint density at radius 3 is 2.30 bits per heavy atom. The van der Waals surface area contributed by atoms with Gasteiger partial charge in [0.05, 0.1) is 11.9 Å². The van der Waals surface area contributed by atoms with E-state index in [1.54, 1.807) is 0 Å². The lowest BCUT2D eigenvalue weighted by Crippen LogP contribution is -2.49. The summed E-state index contributed by atoms with van der Waals surface area (Å²) in [4.78, 5) is 8.95. The second kappa shape index (κ2) is 14.2. The lowest BCUT2D eigenvalue weighted by atomic mass is 10.1. The van der Waals surface area contributed by atoms with Crippen LogP contribution in [0.2, 0.25) is 0 Å². The van der Waals surface area contributed by atoms with Gasteiger partial charge in [-0.2, -0.15) is 0 Å². The molecule has 2 aliphatic rings. The van der Waals surface area contributed by atoms with Crippen molar-refractivity contribution in [2.45, 2.75) is 71.0 Å². The van der Waals surface area contributed by atoms with Crippen molar-refractivity contribution in [2.75, 3.05) is 39.3 Å². The molecule has 0 radical (unpaired) electrons. The van der Waals surface area contributed by atoms with Gasteiger partial charge in [0.15, 0.2) is 0 Å². The van der Waals surface area contributed by atoms with Gasteiger partial charge in [0.25, 0.3) is 0 Å². The summed E-state index contributed by atoms with van der Waals surface area (Å²) in [5.41, 5.74) is 12.1. The first-order chi connectivity index (χ1) is 15.7. The van der Waals surface area contributed by atoms with Crippen molar-refractivity contribution in [3.05, 3.63) is 48.5 Å². The van der Waals surface area contributed by atoms with Crippen molar-refractivity contribution in [1.82, 2.24) is 9.80 Å². The Labute approximate surface area is 201 Å². The number of aliphatic imine (C=N–C) groups is 1. The average Bonchev–Trinajstić information content (AvgIpc) is 3.50. The van der Waals surface area contributed by atoms with E-state index in [1.165, 1.54) is 11.9 Å². The number of hydrogen-bond acceptors (Lipinski definition) is 6. The number of ether oxygens (including phenoxy) is 1. The minimum atomic E-state index is -0.674. The SMILES string of the molecule is C=C.CC/C=C(\C=C(/CN)CC/C=C(\N=C/N)N1CCN(CC(C)(C)O)CC1)OC1(C)CC1. The maximum Gasteiger partial charge on any atom is 0.126 e. The van der Waals surface area contributed by atoms with Crippen molar-refractivity contribution in [3.8, 4) is 0 Å². The van der Waals surface area contributed by atoms with Crippen LogP contribution in [0.15, 0.2) is 53.5 Å². The number of β-amino-alcohol motifs (C(OH)–C–C–N with tert-alkyl or cyclic N) is 1. The van der Waals surface area contributed by atoms with E-state index in [0.717, 1.165) is 69.9 Å². The molecule has 0 aromatic heterocycles. The van der Waals surface area contributed by atoms with Crippen molar-refractivity contribution in [1.29, 1.82) is 0 Å². The summed E-state index contributed by atoms with van der Waals surface area (Å²) in [6.45, 7) is 18.7. The van der Waals surface area contributed by atoms with Crippen LogP contribution in [-0.2, 0) is 4.74 Å². The van der Waals surface area contributed by atoms with Gasteiger partial charge in [0.2, 0.25) is 0 Å². The van der Waals surface area contributed by atoms with E-state index in [2.05, 4.69) is 60.0 Å². The quantitative estimate of drug-likeness (QED) is 0.135. The molecule has 7 heteroatoms. The number of piperazine rings is 1. The van der Waals surface area contributed by atoms with Crippen LogP contribution >= 0.6 is 0 Å². The molecule has 0 atom stereocenters. The third-order valence-corrected chi connectivity index (χ3v) is 5.64. The van der Waals surface area contributed by atoms with E-state index in [0.29, 0.717) is 13.1 Å². The van der Waals surface area contributed by atoms with E-state index in [1.807, 2.05) is 13.8 Å². The molecule has 7 nitrogen and oxygen atoms in total. The van der Waals surface area contributed by atoms with Crippen LogP contribution in [0.1, 0.15) is 59.8 Å². The molecule has 0 bridgehead atoms. The van der Waals surface area contributed by atoms with E-state index < -0.39 is 5.60 Å². The van der Waals surface area contributed by atoms with Crippen molar-refractivity contribution in [3.63, 3.8) is 0 Å². The van der Waals surface area contributed by atoms with Crippen LogP contribution in [-0.4, -0.2) is 71.7 Å². The van der Waals surface area contributed by atoms with Gasteiger partial charge in [-0.15, -0.1) is 13.2 Å². The Morgan fingerprint density at radius 1 is 1.18 bits per heavy atom. The molecule has 2 fully saturated rings. The number of hydrogen-bond donors (Lipinski definition) is 3. The monoisotopic (exact) mass is 461 g/mol. The van der Waals surface area contributed by atoms with Gasteiger partial charge >= 0.3 is 0 Å². The van der Waals surface area contributed by atoms with Crippen LogP contribution < -0.4 is 11.5 Å². The van der Waals surface area contributed by atoms with Crippen LogP contribution in [0.5, 0.6) is 0 Å². The fourth-order valence-corrected chi connectivity index (χ4v) is 3.74. The molecule has 33 heavy (non-hydrogen) atoms. The highest BCUT2D eigenvalue weighted by atomic mass is 16.5. The maximum atomic E-state index is 10.0. The molecule has 5 N–H and O–H groups in total. The number of nitrogens with zero attached hydrogens (tertiary/aromatic N) is 3. The molecule has 1 aliphatic carbocycles. The van der Waals surface area contributed by atoms with E-state index in [9.17, 15) is 5.11 Å². The van der Waals surface area contributed by atoms with Gasteiger partial charge in [-0.25, -0.2) is 4.99 Å². The Bertz CT molecular complexity index is 694. The first kappa shape index (κ1) is 28.9. The van der Waals surface area contributed by atoms with Crippen molar-refractivity contribution >= 4 is 6.34 Å². The molecule has 1 aliphatic heterocycles. The number of allylic oxidation sites excluding steroid dienone is 3. The highest BCUT2D eigenvalue weighted by Crippen LogP contribution is 2.41. The molecule has 0 amide bonds. The van der Waals surface area contributed by atoms with E-state index in [-0.39, 0.29) is 5.60 Å². The fraction of sp³-hybridized carbons (Fsp3) is 0.654. The standard InChI is InChI=1S/C24H43N5O2.C2H4/c1-5-7-21(31-24(4)10-11-24)16-20(17-25)8-6-9-22(27-19-26)29-14-12-28(13-15-29)18-23(2,3)30;1-2/h7,9,16,19,30H,5-6,8,10-15,17-18,25H2,1-4H3,(H2,26,27);1-2H2/b20-16-,21-7+,22-9+;. The number of rotatable bonds is 12. The molecule has 0 spiro atoms. The molecule has 1 heterocycles. The normalized spacial score (nSPS) is 19.9. The highest BCUT2D eigenvalue weighted by molar-refractivity contribution is 5.53. The predicted octanol–water partition coefficient (Wildman–Crippen LogP) is 3.53. The fourth-order valence-electron chi connectivity index (χ4n) is 3.74. The first-order valence-electron chi connectivity index (χ1n) is 12.1. The Hall–Kier alpha value is -2.09. The Morgan fingerprint density at radius 2 is 1.82 bits per heavy atom. The van der Waals surface area contributed by atoms with E-state index in [4.69, 9.17) is 16.2 Å². The van der Waals surface area contributed by atoms with Crippen LogP contribution in [0.25, 0.3) is 0 Å². The smallest absolute Gasteiger partial charge is 0.126 e. The highest BCUT2D eigenvalue weighted by Gasteiger charge is 2.40. The summed E-state index contributed by atoms with van der Waals surface area (Å²) in [7, 11) is 0. The second-order valence-corrected chi connectivity index (χ2v) is 9.53. The third kappa shape index (κ3) is 11.6. The topological polar surface area (TPSA) is 100 Å². The zero-order chi connectivity index (χ0) is 24.9. The second-order valence-electron chi connectivity index (χ2n) is 9.53. The van der Waals surface area contributed by atoms with Crippen molar-refractivity contribution < 1.29 is 9.84 Å². The first-order valence-corrected chi connectivity index (χ1v) is 12.1. The van der Waals surface area contributed by atoms with Crippen LogP contribution in [0.4, 0.5) is 0 Å². The summed E-state index contributed by atoms with van der Waals surface area (Å²) in [6, 6.07) is 0. The molecular formula is C26H47N5O2. The van der Waals surface area contributed by atoms with Crippen LogP contribution in [0, 0.1) is 0 Å². The molecule has 0 aromatic rings. The molecule has 2 rings (SSSR count). The predicted molar refractivity (Wildman–Crippen MR) is 140 cm³/mol. The summed E-state index contributed by atoms with van der Waals surface area (Å²) in [6.07, 6.45) is 12.6. The van der Waals surface area contributed by atoms with Crippen molar-refractivity contribution in [2.24, 2.45) is 16.5 Å². The maximum absolute atomic E-state index is 10.0. The molecule has 0 unspecified atom stereocenters. The molecular weight excluding hydrogens is 414 g/mol. The molecule has 188 valence electrons. The lowest BCUT2D eigenvalue weighted by Gasteiger charge is -2.38. The lowest BCUT2D eigenvalue weighted by molar-refractivity contribution is 0.0218. The van der Waals surface area contributed by atoms with Gasteiger partial charge in [0, 0.05) is 39.3 Å². The number of nitrogens with two attached hydrogens (primary N) is 2. The zero-order valence-electron chi connectivity index (χ0n) is 21.4. The Balaban J connectivity index is 0.00000265. The summed E-state index contributed by atoms with van der Waals surface area (Å²) >= 11 is 0. The minimum Gasteiger partial charge on any atom is -0.488 e. The van der Waals surface area contributed by atoms with Gasteiger partial charge < -0.3 is 26.2 Å². The largest absolute Gasteiger partial charge is 0.488 e. The van der Waals surface area contributed by atoms with Gasteiger partial charge in [0.1, 0.15) is 17.2 Å². The molecule has 1 saturated heterocycles.